The van der Waals surface area contributed by atoms with Crippen molar-refractivity contribution in [2.45, 2.75) is 59.0 Å². The van der Waals surface area contributed by atoms with E-state index in [4.69, 9.17) is 5.11 Å². The molecule has 3 nitrogen and oxygen atoms in total. The summed E-state index contributed by atoms with van der Waals surface area (Å²) < 4.78 is 0. The van der Waals surface area contributed by atoms with E-state index in [9.17, 15) is 9.90 Å². The lowest BCUT2D eigenvalue weighted by molar-refractivity contribution is -0.131. The van der Waals surface area contributed by atoms with Crippen molar-refractivity contribution in [2.24, 2.45) is 11.3 Å². The molecule has 106 valence electrons. The van der Waals surface area contributed by atoms with E-state index in [0.29, 0.717) is 24.3 Å². The normalized spacial score (nSPS) is 28.5. The predicted octanol–water partition coefficient (Wildman–Crippen LogP) is 2.99. The van der Waals surface area contributed by atoms with Crippen molar-refractivity contribution in [1.82, 2.24) is 0 Å². The van der Waals surface area contributed by atoms with E-state index in [1.165, 1.54) is 0 Å². The van der Waals surface area contributed by atoms with Gasteiger partial charge in [0.25, 0.3) is 0 Å². The smallest absolute Gasteiger partial charge is 0.329 e. The van der Waals surface area contributed by atoms with Crippen LogP contribution >= 0.6 is 0 Å². The number of hydrogen-bond acceptors (Lipinski definition) is 2. The van der Waals surface area contributed by atoms with Crippen LogP contribution in [-0.2, 0) is 4.79 Å². The lowest BCUT2D eigenvalue weighted by atomic mass is 9.68. The molecule has 0 heterocycles. The van der Waals surface area contributed by atoms with Gasteiger partial charge in [0.05, 0.1) is 0 Å². The van der Waals surface area contributed by atoms with Crippen LogP contribution in [0.5, 0.6) is 0 Å². The van der Waals surface area contributed by atoms with E-state index < -0.39 is 11.6 Å². The summed E-state index contributed by atoms with van der Waals surface area (Å²) in [6.07, 6.45) is 4.34. The lowest BCUT2D eigenvalue weighted by Crippen LogP contribution is -2.36. The Morgan fingerprint density at radius 1 is 1.32 bits per heavy atom. The Hall–Kier alpha value is -1.27. The summed E-state index contributed by atoms with van der Waals surface area (Å²) in [5, 5.41) is 19.0. The monoisotopic (exact) mass is 264 g/mol. The van der Waals surface area contributed by atoms with Gasteiger partial charge in [0.2, 0.25) is 0 Å². The summed E-state index contributed by atoms with van der Waals surface area (Å²) in [5.41, 5.74) is -0.206. The van der Waals surface area contributed by atoms with Gasteiger partial charge in [-0.1, -0.05) is 32.6 Å². The Balaban J connectivity index is 2.67. The van der Waals surface area contributed by atoms with Crippen molar-refractivity contribution in [3.05, 3.63) is 11.6 Å². The van der Waals surface area contributed by atoms with E-state index in [2.05, 4.69) is 32.6 Å². The topological polar surface area (TPSA) is 57.5 Å². The molecule has 1 aliphatic rings. The van der Waals surface area contributed by atoms with Gasteiger partial charge in [-0.25, -0.2) is 4.79 Å². The summed E-state index contributed by atoms with van der Waals surface area (Å²) in [5.74, 6) is 5.22. The highest BCUT2D eigenvalue weighted by Crippen LogP contribution is 2.41. The van der Waals surface area contributed by atoms with Gasteiger partial charge in [-0.15, -0.1) is 0 Å². The highest BCUT2D eigenvalue weighted by Gasteiger charge is 2.36. The second-order valence-electron chi connectivity index (χ2n) is 6.59. The highest BCUT2D eigenvalue weighted by atomic mass is 16.4. The van der Waals surface area contributed by atoms with Crippen molar-refractivity contribution in [3.63, 3.8) is 0 Å². The van der Waals surface area contributed by atoms with Crippen molar-refractivity contribution >= 4 is 5.97 Å². The minimum Gasteiger partial charge on any atom is -0.478 e. The summed E-state index contributed by atoms with van der Waals surface area (Å²) in [6, 6.07) is 0. The van der Waals surface area contributed by atoms with Gasteiger partial charge in [-0.3, -0.25) is 0 Å². The minimum absolute atomic E-state index is 0.272. The third kappa shape index (κ3) is 5.08. The largest absolute Gasteiger partial charge is 0.478 e. The van der Waals surface area contributed by atoms with Crippen LogP contribution in [0, 0.1) is 23.2 Å². The fourth-order valence-electron chi connectivity index (χ4n) is 2.52. The molecule has 0 aromatic carbocycles. The SMILES string of the molecule is C/C(C#CC1(O)CCC(C(C)(C)C)CC1)=C/C(=O)O. The van der Waals surface area contributed by atoms with Crippen molar-refractivity contribution in [3.8, 4) is 11.8 Å². The molecule has 0 saturated heterocycles. The molecule has 3 heteroatoms. The first-order valence-electron chi connectivity index (χ1n) is 6.79. The van der Waals surface area contributed by atoms with Crippen LogP contribution in [0.25, 0.3) is 0 Å². The number of aliphatic hydroxyl groups is 1. The van der Waals surface area contributed by atoms with Crippen LogP contribution in [0.15, 0.2) is 11.6 Å². The van der Waals surface area contributed by atoms with Crippen molar-refractivity contribution in [2.75, 3.05) is 0 Å². The molecule has 0 atom stereocenters. The molecule has 0 amide bonds. The first-order valence-corrected chi connectivity index (χ1v) is 6.79. The number of aliphatic carboxylic acids is 1. The Bertz CT molecular complexity index is 421. The second-order valence-corrected chi connectivity index (χ2v) is 6.59. The van der Waals surface area contributed by atoms with Crippen LogP contribution in [0.1, 0.15) is 53.4 Å². The molecule has 0 aromatic rings. The first-order chi connectivity index (χ1) is 8.62. The zero-order valence-corrected chi connectivity index (χ0v) is 12.3. The second kappa shape index (κ2) is 5.79. The van der Waals surface area contributed by atoms with E-state index in [0.717, 1.165) is 18.9 Å². The molecule has 1 fully saturated rings. The van der Waals surface area contributed by atoms with Crippen LogP contribution in [-0.4, -0.2) is 21.8 Å². The average Bonchev–Trinajstić information content (AvgIpc) is 2.25. The molecule has 0 spiro atoms. The molecule has 0 unspecified atom stereocenters. The summed E-state index contributed by atoms with van der Waals surface area (Å²) in [4.78, 5) is 10.5. The van der Waals surface area contributed by atoms with E-state index in [-0.39, 0.29) is 5.41 Å². The van der Waals surface area contributed by atoms with Crippen LogP contribution in [0.2, 0.25) is 0 Å². The third-order valence-electron chi connectivity index (χ3n) is 3.87. The Morgan fingerprint density at radius 2 is 1.84 bits per heavy atom. The molecule has 2 N–H and O–H groups in total. The fourth-order valence-corrected chi connectivity index (χ4v) is 2.52. The minimum atomic E-state index is -1.00. The number of carbonyl (C=O) groups is 1. The molecule has 0 aromatic heterocycles. The lowest BCUT2D eigenvalue weighted by Gasteiger charge is -2.39. The van der Waals surface area contributed by atoms with Crippen LogP contribution < -0.4 is 0 Å². The molecule has 0 bridgehead atoms. The quantitative estimate of drug-likeness (QED) is 0.565. The standard InChI is InChI=1S/C16H24O3/c1-12(11-14(17)18)5-8-16(19)9-6-13(7-10-16)15(2,3)4/h11,13,19H,6-7,9-10H2,1-4H3,(H,17,18)/b12-11-. The fraction of sp³-hybridized carbons (Fsp3) is 0.688. The highest BCUT2D eigenvalue weighted by molar-refractivity contribution is 5.81. The number of carboxylic acids is 1. The zero-order valence-electron chi connectivity index (χ0n) is 12.3. The number of allylic oxidation sites excluding steroid dienone is 1. The number of rotatable bonds is 1. The van der Waals surface area contributed by atoms with Gasteiger partial charge in [0, 0.05) is 11.6 Å². The van der Waals surface area contributed by atoms with Crippen LogP contribution in [0.3, 0.4) is 0 Å². The first kappa shape index (κ1) is 15.8. The maximum Gasteiger partial charge on any atom is 0.329 e. The molecule has 0 radical (unpaired) electrons. The van der Waals surface area contributed by atoms with Crippen LogP contribution in [0.4, 0.5) is 0 Å². The molecule has 0 aliphatic heterocycles. The average molecular weight is 264 g/mol. The molecule has 1 aliphatic carbocycles. The molecular weight excluding hydrogens is 240 g/mol. The molecular formula is C16H24O3. The molecule has 19 heavy (non-hydrogen) atoms. The Morgan fingerprint density at radius 3 is 2.26 bits per heavy atom. The summed E-state index contributed by atoms with van der Waals surface area (Å²) in [6.45, 7) is 8.33. The maximum atomic E-state index is 10.5. The van der Waals surface area contributed by atoms with Gasteiger partial charge in [-0.2, -0.15) is 0 Å². The zero-order chi connectivity index (χ0) is 14.7. The van der Waals surface area contributed by atoms with Gasteiger partial charge in [0.15, 0.2) is 0 Å². The van der Waals surface area contributed by atoms with Gasteiger partial charge in [-0.05, 0) is 43.9 Å². The van der Waals surface area contributed by atoms with Crippen molar-refractivity contribution in [1.29, 1.82) is 0 Å². The number of carboxylic acid groups (broad SMARTS) is 1. The maximum absolute atomic E-state index is 10.5. The summed E-state index contributed by atoms with van der Waals surface area (Å²) in [7, 11) is 0. The molecule has 1 saturated carbocycles. The van der Waals surface area contributed by atoms with Crippen molar-refractivity contribution < 1.29 is 15.0 Å². The predicted molar refractivity (Wildman–Crippen MR) is 75.5 cm³/mol. The van der Waals surface area contributed by atoms with Gasteiger partial charge >= 0.3 is 5.97 Å². The van der Waals surface area contributed by atoms with E-state index >= 15 is 0 Å². The van der Waals surface area contributed by atoms with Gasteiger partial charge in [0.1, 0.15) is 5.60 Å². The third-order valence-corrected chi connectivity index (χ3v) is 3.87. The summed E-state index contributed by atoms with van der Waals surface area (Å²) >= 11 is 0. The molecule has 1 rings (SSSR count). The van der Waals surface area contributed by atoms with E-state index in [1.54, 1.807) is 6.92 Å². The number of hydrogen-bond donors (Lipinski definition) is 2. The Kier molecular flexibility index (Phi) is 4.81. The Labute approximate surface area is 115 Å². The van der Waals surface area contributed by atoms with Gasteiger partial charge < -0.3 is 10.2 Å². The van der Waals surface area contributed by atoms with E-state index in [1.807, 2.05) is 0 Å².